The normalized spacial score (nSPS) is 22.5. The summed E-state index contributed by atoms with van der Waals surface area (Å²) in [7, 11) is 0. The molecule has 1 saturated heterocycles. The van der Waals surface area contributed by atoms with E-state index in [0.29, 0.717) is 13.0 Å². The minimum absolute atomic E-state index is 0.0257. The third-order valence-corrected chi connectivity index (χ3v) is 3.16. The van der Waals surface area contributed by atoms with Gasteiger partial charge in [0, 0.05) is 18.7 Å². The van der Waals surface area contributed by atoms with Crippen molar-refractivity contribution < 1.29 is 18.7 Å². The van der Waals surface area contributed by atoms with Crippen molar-refractivity contribution in [2.24, 2.45) is 0 Å². The fourth-order valence-corrected chi connectivity index (χ4v) is 2.12. The molecule has 1 aliphatic heterocycles. The lowest BCUT2D eigenvalue weighted by atomic mass is 10.1. The van der Waals surface area contributed by atoms with E-state index in [1.807, 2.05) is 0 Å². The SMILES string of the molecule is O=C(NCCc1c(F)cccc1F)[C@@H]1C[C@H](O)CN1. The Labute approximate surface area is 109 Å². The quantitative estimate of drug-likeness (QED) is 0.739. The molecule has 19 heavy (non-hydrogen) atoms. The molecular formula is C13H16F2N2O2. The van der Waals surface area contributed by atoms with Gasteiger partial charge < -0.3 is 15.7 Å². The van der Waals surface area contributed by atoms with E-state index < -0.39 is 23.8 Å². The van der Waals surface area contributed by atoms with Gasteiger partial charge in [0.25, 0.3) is 0 Å². The van der Waals surface area contributed by atoms with E-state index in [9.17, 15) is 18.7 Å². The van der Waals surface area contributed by atoms with Crippen molar-refractivity contribution in [1.82, 2.24) is 10.6 Å². The van der Waals surface area contributed by atoms with Gasteiger partial charge in [-0.2, -0.15) is 0 Å². The Hall–Kier alpha value is -1.53. The van der Waals surface area contributed by atoms with E-state index >= 15 is 0 Å². The summed E-state index contributed by atoms with van der Waals surface area (Å²) in [6, 6.07) is 3.25. The third kappa shape index (κ3) is 3.48. The molecule has 4 nitrogen and oxygen atoms in total. The molecule has 0 spiro atoms. The molecule has 1 aromatic carbocycles. The molecule has 1 fully saturated rings. The van der Waals surface area contributed by atoms with E-state index in [1.54, 1.807) is 0 Å². The van der Waals surface area contributed by atoms with E-state index in [2.05, 4.69) is 10.6 Å². The molecule has 0 radical (unpaired) electrons. The number of amides is 1. The van der Waals surface area contributed by atoms with Crippen molar-refractivity contribution >= 4 is 5.91 Å². The van der Waals surface area contributed by atoms with Crippen LogP contribution in [0.3, 0.4) is 0 Å². The van der Waals surface area contributed by atoms with Crippen LogP contribution < -0.4 is 10.6 Å². The first kappa shape index (κ1) is 13.9. The number of nitrogens with one attached hydrogen (secondary N) is 2. The van der Waals surface area contributed by atoms with Crippen molar-refractivity contribution in [2.75, 3.05) is 13.1 Å². The number of β-amino-alcohol motifs (C(OH)–C–C–N with tert-alkyl or cyclic N) is 1. The first-order chi connectivity index (χ1) is 9.08. The van der Waals surface area contributed by atoms with E-state index in [-0.39, 0.29) is 24.4 Å². The monoisotopic (exact) mass is 270 g/mol. The number of aliphatic hydroxyl groups excluding tert-OH is 1. The lowest BCUT2D eigenvalue weighted by Gasteiger charge is -2.11. The molecule has 0 unspecified atom stereocenters. The van der Waals surface area contributed by atoms with Crippen LogP contribution in [0.25, 0.3) is 0 Å². The number of hydrogen-bond donors (Lipinski definition) is 3. The molecule has 0 aromatic heterocycles. The van der Waals surface area contributed by atoms with Crippen LogP contribution in [0, 0.1) is 11.6 Å². The highest BCUT2D eigenvalue weighted by Crippen LogP contribution is 2.12. The molecule has 0 bridgehead atoms. The summed E-state index contributed by atoms with van der Waals surface area (Å²) in [4.78, 5) is 11.7. The standard InChI is InChI=1S/C13H16F2N2O2/c14-10-2-1-3-11(15)9(10)4-5-16-13(19)12-6-8(18)7-17-12/h1-3,8,12,17-18H,4-7H2,(H,16,19)/t8-,12-/m0/s1. The summed E-state index contributed by atoms with van der Waals surface area (Å²) in [6.45, 7) is 0.547. The average molecular weight is 270 g/mol. The highest BCUT2D eigenvalue weighted by Gasteiger charge is 2.27. The second kappa shape index (κ2) is 6.08. The first-order valence-electron chi connectivity index (χ1n) is 6.20. The zero-order chi connectivity index (χ0) is 13.8. The van der Waals surface area contributed by atoms with Crippen molar-refractivity contribution in [3.8, 4) is 0 Å². The summed E-state index contributed by atoms with van der Waals surface area (Å²) in [5.74, 6) is -1.47. The molecule has 0 saturated carbocycles. The lowest BCUT2D eigenvalue weighted by molar-refractivity contribution is -0.122. The third-order valence-electron chi connectivity index (χ3n) is 3.16. The molecule has 3 N–H and O–H groups in total. The molecule has 2 rings (SSSR count). The summed E-state index contributed by atoms with van der Waals surface area (Å²) in [5.41, 5.74) is -0.0257. The van der Waals surface area contributed by atoms with Crippen LogP contribution in [0.4, 0.5) is 8.78 Å². The topological polar surface area (TPSA) is 61.4 Å². The van der Waals surface area contributed by atoms with Gasteiger partial charge in [0.1, 0.15) is 11.6 Å². The van der Waals surface area contributed by atoms with Crippen LogP contribution in [0.1, 0.15) is 12.0 Å². The number of aliphatic hydroxyl groups is 1. The average Bonchev–Trinajstić information content (AvgIpc) is 2.79. The smallest absolute Gasteiger partial charge is 0.237 e. The van der Waals surface area contributed by atoms with Gasteiger partial charge in [0.15, 0.2) is 0 Å². The summed E-state index contributed by atoms with van der Waals surface area (Å²) in [5, 5.41) is 14.8. The summed E-state index contributed by atoms with van der Waals surface area (Å²) < 4.78 is 26.7. The highest BCUT2D eigenvalue weighted by atomic mass is 19.1. The molecule has 1 heterocycles. The second-order valence-electron chi connectivity index (χ2n) is 4.59. The molecular weight excluding hydrogens is 254 g/mol. The Kier molecular flexibility index (Phi) is 4.44. The van der Waals surface area contributed by atoms with Crippen LogP contribution in [0.5, 0.6) is 0 Å². The Bertz CT molecular complexity index is 448. The van der Waals surface area contributed by atoms with Gasteiger partial charge >= 0.3 is 0 Å². The van der Waals surface area contributed by atoms with Crippen LogP contribution >= 0.6 is 0 Å². The number of halogens is 2. The molecule has 1 aromatic rings. The summed E-state index contributed by atoms with van der Waals surface area (Å²) >= 11 is 0. The zero-order valence-electron chi connectivity index (χ0n) is 10.3. The fraction of sp³-hybridized carbons (Fsp3) is 0.462. The fourth-order valence-electron chi connectivity index (χ4n) is 2.12. The van der Waals surface area contributed by atoms with Crippen molar-refractivity contribution in [2.45, 2.75) is 25.0 Å². The molecule has 0 aliphatic carbocycles. The first-order valence-corrected chi connectivity index (χ1v) is 6.20. The number of carbonyl (C=O) groups excluding carboxylic acids is 1. The molecule has 1 aliphatic rings. The van der Waals surface area contributed by atoms with Crippen molar-refractivity contribution in [1.29, 1.82) is 0 Å². The van der Waals surface area contributed by atoms with Gasteiger partial charge in [-0.25, -0.2) is 8.78 Å². The molecule has 1 amide bonds. The molecule has 2 atom stereocenters. The number of hydrogen-bond acceptors (Lipinski definition) is 3. The summed E-state index contributed by atoms with van der Waals surface area (Å²) in [6.07, 6.45) is -0.0564. The van der Waals surface area contributed by atoms with E-state index in [4.69, 9.17) is 0 Å². The van der Waals surface area contributed by atoms with Crippen LogP contribution in [0.15, 0.2) is 18.2 Å². The zero-order valence-corrected chi connectivity index (χ0v) is 10.3. The Balaban J connectivity index is 1.82. The Morgan fingerprint density at radius 2 is 2.11 bits per heavy atom. The van der Waals surface area contributed by atoms with Crippen LogP contribution in [0.2, 0.25) is 0 Å². The largest absolute Gasteiger partial charge is 0.392 e. The minimum atomic E-state index is -0.608. The maximum absolute atomic E-state index is 13.3. The van der Waals surface area contributed by atoms with Gasteiger partial charge in [-0.05, 0) is 25.0 Å². The van der Waals surface area contributed by atoms with E-state index in [0.717, 1.165) is 0 Å². The molecule has 6 heteroatoms. The van der Waals surface area contributed by atoms with Gasteiger partial charge in [-0.3, -0.25) is 4.79 Å². The maximum Gasteiger partial charge on any atom is 0.237 e. The molecule has 104 valence electrons. The van der Waals surface area contributed by atoms with Crippen molar-refractivity contribution in [3.05, 3.63) is 35.4 Å². The van der Waals surface area contributed by atoms with Crippen LogP contribution in [-0.2, 0) is 11.2 Å². The van der Waals surface area contributed by atoms with Crippen molar-refractivity contribution in [3.63, 3.8) is 0 Å². The van der Waals surface area contributed by atoms with Gasteiger partial charge in [-0.1, -0.05) is 6.07 Å². The van der Waals surface area contributed by atoms with Gasteiger partial charge in [-0.15, -0.1) is 0 Å². The van der Waals surface area contributed by atoms with E-state index in [1.165, 1.54) is 18.2 Å². The number of benzene rings is 1. The number of carbonyl (C=O) groups is 1. The van der Waals surface area contributed by atoms with Crippen LogP contribution in [-0.4, -0.2) is 36.2 Å². The Morgan fingerprint density at radius 1 is 1.42 bits per heavy atom. The predicted octanol–water partition coefficient (Wildman–Crippen LogP) is 0.346. The lowest BCUT2D eigenvalue weighted by Crippen LogP contribution is -2.41. The minimum Gasteiger partial charge on any atom is -0.392 e. The Morgan fingerprint density at radius 3 is 2.68 bits per heavy atom. The predicted molar refractivity (Wildman–Crippen MR) is 65.5 cm³/mol. The highest BCUT2D eigenvalue weighted by molar-refractivity contribution is 5.82. The maximum atomic E-state index is 13.3. The second-order valence-corrected chi connectivity index (χ2v) is 4.59. The van der Waals surface area contributed by atoms with Gasteiger partial charge in [0.05, 0.1) is 12.1 Å². The van der Waals surface area contributed by atoms with Gasteiger partial charge in [0.2, 0.25) is 5.91 Å². The number of rotatable bonds is 4.